The van der Waals surface area contributed by atoms with E-state index in [9.17, 15) is 17.6 Å². The molecule has 2 aromatic rings. The van der Waals surface area contributed by atoms with Gasteiger partial charge in [-0.1, -0.05) is 41.9 Å². The Labute approximate surface area is 180 Å². The van der Waals surface area contributed by atoms with Crippen LogP contribution in [0.15, 0.2) is 53.4 Å². The van der Waals surface area contributed by atoms with Gasteiger partial charge in [0.1, 0.15) is 11.9 Å². The highest BCUT2D eigenvalue weighted by Gasteiger charge is 2.36. The van der Waals surface area contributed by atoms with Crippen LogP contribution in [0.25, 0.3) is 0 Å². The van der Waals surface area contributed by atoms with Gasteiger partial charge in [0.05, 0.1) is 9.92 Å². The van der Waals surface area contributed by atoms with Crippen LogP contribution in [0.4, 0.5) is 4.39 Å². The Hall–Kier alpha value is -2.00. The quantitative estimate of drug-likeness (QED) is 0.733. The molecule has 0 unspecified atom stereocenters. The van der Waals surface area contributed by atoms with Crippen molar-refractivity contribution in [3.8, 4) is 0 Å². The summed E-state index contributed by atoms with van der Waals surface area (Å²) in [7, 11) is -3.79. The van der Waals surface area contributed by atoms with Crippen LogP contribution in [0.2, 0.25) is 5.02 Å². The molecule has 1 aliphatic carbocycles. The number of benzene rings is 2. The average molecular weight is 452 g/mol. The van der Waals surface area contributed by atoms with Crippen LogP contribution in [0.5, 0.6) is 0 Å². The standard InChI is InChI=1S/C21H23ClFN3O3S/c22-18-14-17(8-9-19(18)23)30(28,29)26-12-10-25(11-13-26)20(15-4-2-1-3-5-15)21(27)24-16-6-7-16/h1-5,8-9,14,16,20H,6-7,10-13H2,(H,24,27)/t20-/m1/s1. The zero-order valence-electron chi connectivity index (χ0n) is 16.3. The summed E-state index contributed by atoms with van der Waals surface area (Å²) in [5.74, 6) is -0.710. The lowest BCUT2D eigenvalue weighted by Crippen LogP contribution is -2.52. The largest absolute Gasteiger partial charge is 0.352 e. The summed E-state index contributed by atoms with van der Waals surface area (Å²) in [6.45, 7) is 1.28. The predicted octanol–water partition coefficient (Wildman–Crippen LogP) is 2.81. The van der Waals surface area contributed by atoms with E-state index in [2.05, 4.69) is 5.32 Å². The number of carbonyl (C=O) groups is 1. The minimum Gasteiger partial charge on any atom is -0.352 e. The summed E-state index contributed by atoms with van der Waals surface area (Å²) in [4.78, 5) is 14.9. The molecule has 2 fully saturated rings. The second-order valence-electron chi connectivity index (χ2n) is 7.61. The molecule has 1 N–H and O–H groups in total. The van der Waals surface area contributed by atoms with Crippen molar-refractivity contribution in [2.45, 2.75) is 29.8 Å². The number of nitrogens with zero attached hydrogens (tertiary/aromatic N) is 2. The van der Waals surface area contributed by atoms with E-state index in [-0.39, 0.29) is 35.0 Å². The molecule has 1 amide bonds. The van der Waals surface area contributed by atoms with Crippen molar-refractivity contribution in [2.24, 2.45) is 0 Å². The Morgan fingerprint density at radius 3 is 2.33 bits per heavy atom. The van der Waals surface area contributed by atoms with Gasteiger partial charge in [0.2, 0.25) is 15.9 Å². The van der Waals surface area contributed by atoms with Gasteiger partial charge < -0.3 is 5.32 Å². The third-order valence-electron chi connectivity index (χ3n) is 5.45. The summed E-state index contributed by atoms with van der Waals surface area (Å²) in [5.41, 5.74) is 0.886. The minimum absolute atomic E-state index is 0.0339. The number of halogens is 2. The van der Waals surface area contributed by atoms with E-state index in [1.54, 1.807) is 0 Å². The van der Waals surface area contributed by atoms with Crippen molar-refractivity contribution in [2.75, 3.05) is 26.2 Å². The lowest BCUT2D eigenvalue weighted by Gasteiger charge is -2.38. The lowest BCUT2D eigenvalue weighted by atomic mass is 10.0. The van der Waals surface area contributed by atoms with Crippen molar-refractivity contribution < 1.29 is 17.6 Å². The maximum atomic E-state index is 13.4. The van der Waals surface area contributed by atoms with E-state index in [0.29, 0.717) is 13.1 Å². The van der Waals surface area contributed by atoms with Gasteiger partial charge in [-0.05, 0) is 36.6 Å². The zero-order chi connectivity index (χ0) is 21.3. The maximum Gasteiger partial charge on any atom is 0.243 e. The summed E-state index contributed by atoms with van der Waals surface area (Å²) >= 11 is 5.76. The Morgan fingerprint density at radius 1 is 1.07 bits per heavy atom. The number of piperazine rings is 1. The second kappa shape index (κ2) is 8.63. The zero-order valence-corrected chi connectivity index (χ0v) is 17.9. The van der Waals surface area contributed by atoms with Crippen LogP contribution >= 0.6 is 11.6 Å². The molecule has 2 aromatic carbocycles. The number of hydrogen-bond donors (Lipinski definition) is 1. The average Bonchev–Trinajstić information content (AvgIpc) is 3.55. The molecular formula is C21H23ClFN3O3S. The Bertz CT molecular complexity index is 1020. The number of hydrogen-bond acceptors (Lipinski definition) is 4. The fraction of sp³-hybridized carbons (Fsp3) is 0.381. The Morgan fingerprint density at radius 2 is 1.73 bits per heavy atom. The van der Waals surface area contributed by atoms with Crippen molar-refractivity contribution >= 4 is 27.5 Å². The first-order valence-electron chi connectivity index (χ1n) is 9.91. The molecule has 1 saturated heterocycles. The van der Waals surface area contributed by atoms with Crippen molar-refractivity contribution in [1.82, 2.24) is 14.5 Å². The highest BCUT2D eigenvalue weighted by atomic mass is 35.5. The molecule has 1 atom stereocenters. The number of sulfonamides is 1. The highest BCUT2D eigenvalue weighted by molar-refractivity contribution is 7.89. The molecule has 4 rings (SSSR count). The Kier molecular flexibility index (Phi) is 6.11. The third-order valence-corrected chi connectivity index (χ3v) is 7.64. The van der Waals surface area contributed by atoms with E-state index in [1.165, 1.54) is 10.4 Å². The third kappa shape index (κ3) is 4.51. The molecule has 2 aliphatic rings. The van der Waals surface area contributed by atoms with Gasteiger partial charge in [-0.25, -0.2) is 12.8 Å². The predicted molar refractivity (Wildman–Crippen MR) is 112 cm³/mol. The van der Waals surface area contributed by atoms with Crippen molar-refractivity contribution in [1.29, 1.82) is 0 Å². The molecule has 0 bridgehead atoms. The van der Waals surface area contributed by atoms with Crippen molar-refractivity contribution in [3.63, 3.8) is 0 Å². The summed E-state index contributed by atoms with van der Waals surface area (Å²) in [6, 6.07) is 12.7. The fourth-order valence-corrected chi connectivity index (χ4v) is 5.35. The van der Waals surface area contributed by atoms with Gasteiger partial charge in [-0.2, -0.15) is 4.31 Å². The molecule has 0 spiro atoms. The first-order valence-corrected chi connectivity index (χ1v) is 11.7. The van der Waals surface area contributed by atoms with E-state index in [4.69, 9.17) is 11.6 Å². The van der Waals surface area contributed by atoms with Crippen LogP contribution in [-0.2, 0) is 14.8 Å². The number of amides is 1. The summed E-state index contributed by atoms with van der Waals surface area (Å²) in [6.07, 6.45) is 2.00. The van der Waals surface area contributed by atoms with Gasteiger partial charge in [0.25, 0.3) is 0 Å². The van der Waals surface area contributed by atoms with Crippen LogP contribution in [0.1, 0.15) is 24.4 Å². The van der Waals surface area contributed by atoms with Crippen LogP contribution in [0, 0.1) is 5.82 Å². The molecule has 30 heavy (non-hydrogen) atoms. The summed E-state index contributed by atoms with van der Waals surface area (Å²) < 4.78 is 40.6. The number of rotatable bonds is 6. The topological polar surface area (TPSA) is 69.7 Å². The SMILES string of the molecule is O=C(NC1CC1)[C@@H](c1ccccc1)N1CCN(S(=O)(=O)c2ccc(F)c(Cl)c2)CC1. The smallest absolute Gasteiger partial charge is 0.243 e. The van der Waals surface area contributed by atoms with E-state index < -0.39 is 21.9 Å². The molecule has 160 valence electrons. The molecule has 9 heteroatoms. The molecule has 1 heterocycles. The normalized spacial score (nSPS) is 19.4. The van der Waals surface area contributed by atoms with Gasteiger partial charge in [-0.3, -0.25) is 9.69 Å². The van der Waals surface area contributed by atoms with E-state index in [0.717, 1.165) is 30.5 Å². The highest BCUT2D eigenvalue weighted by Crippen LogP contribution is 2.28. The molecule has 6 nitrogen and oxygen atoms in total. The minimum atomic E-state index is -3.79. The van der Waals surface area contributed by atoms with E-state index in [1.807, 2.05) is 35.2 Å². The monoisotopic (exact) mass is 451 g/mol. The number of nitrogens with one attached hydrogen (secondary N) is 1. The molecule has 1 saturated carbocycles. The second-order valence-corrected chi connectivity index (χ2v) is 9.96. The van der Waals surface area contributed by atoms with Gasteiger partial charge >= 0.3 is 0 Å². The molecular weight excluding hydrogens is 429 g/mol. The van der Waals surface area contributed by atoms with Gasteiger partial charge in [0, 0.05) is 32.2 Å². The van der Waals surface area contributed by atoms with Crippen LogP contribution in [0.3, 0.4) is 0 Å². The first-order chi connectivity index (χ1) is 14.4. The van der Waals surface area contributed by atoms with Gasteiger partial charge in [-0.15, -0.1) is 0 Å². The van der Waals surface area contributed by atoms with Crippen molar-refractivity contribution in [3.05, 3.63) is 64.9 Å². The summed E-state index contributed by atoms with van der Waals surface area (Å²) in [5, 5.41) is 2.84. The maximum absolute atomic E-state index is 13.4. The van der Waals surface area contributed by atoms with Crippen LogP contribution in [-0.4, -0.2) is 55.8 Å². The molecule has 0 radical (unpaired) electrons. The van der Waals surface area contributed by atoms with Crippen LogP contribution < -0.4 is 5.32 Å². The Balaban J connectivity index is 1.50. The lowest BCUT2D eigenvalue weighted by molar-refractivity contribution is -0.127. The molecule has 0 aromatic heterocycles. The molecule has 1 aliphatic heterocycles. The fourth-order valence-electron chi connectivity index (χ4n) is 3.66. The first kappa shape index (κ1) is 21.2. The van der Waals surface area contributed by atoms with E-state index >= 15 is 0 Å². The number of carbonyl (C=O) groups excluding carboxylic acids is 1. The van der Waals surface area contributed by atoms with Gasteiger partial charge in [0.15, 0.2) is 0 Å².